The third kappa shape index (κ3) is 2.29. The summed E-state index contributed by atoms with van der Waals surface area (Å²) in [6, 6.07) is 7.66. The number of hydrogen-bond acceptors (Lipinski definition) is 7. The summed E-state index contributed by atoms with van der Waals surface area (Å²) in [5.41, 5.74) is 2.77. The van der Waals surface area contributed by atoms with E-state index in [9.17, 15) is 5.11 Å². The van der Waals surface area contributed by atoms with Crippen molar-refractivity contribution in [2.45, 2.75) is 19.0 Å². The Bertz CT molecular complexity index is 912. The Balaban J connectivity index is 1.84. The van der Waals surface area contributed by atoms with Crippen molar-refractivity contribution in [2.24, 2.45) is 5.10 Å². The molecule has 8 nitrogen and oxygen atoms in total. The Kier molecular flexibility index (Phi) is 3.15. The van der Waals surface area contributed by atoms with Gasteiger partial charge in [0.2, 0.25) is 10.8 Å². The topological polar surface area (TPSA) is 96.0 Å². The molecule has 3 aromatic rings. The van der Waals surface area contributed by atoms with E-state index in [2.05, 4.69) is 20.6 Å². The van der Waals surface area contributed by atoms with E-state index in [1.807, 2.05) is 38.1 Å². The summed E-state index contributed by atoms with van der Waals surface area (Å²) in [4.78, 5) is 0. The molecule has 2 aromatic heterocycles. The van der Waals surface area contributed by atoms with Crippen LogP contribution < -0.4 is 9.79 Å². The molecule has 3 heterocycles. The number of hydrogen-bond donors (Lipinski definition) is 0. The molecule has 0 bridgehead atoms. The first-order chi connectivity index (χ1) is 11.1. The van der Waals surface area contributed by atoms with Crippen LogP contribution in [0, 0.1) is 13.8 Å². The van der Waals surface area contributed by atoms with Crippen LogP contribution in [-0.2, 0) is 0 Å². The molecule has 0 N–H and O–H groups in total. The molecule has 1 aromatic carbocycles. The molecule has 23 heavy (non-hydrogen) atoms. The number of rotatable bonds is 2. The fraction of sp³-hybridized carbons (Fsp3) is 0.214. The van der Waals surface area contributed by atoms with E-state index in [0.717, 1.165) is 11.3 Å². The summed E-state index contributed by atoms with van der Waals surface area (Å²) in [5, 5.41) is 29.2. The fourth-order valence-electron chi connectivity index (χ4n) is 2.29. The standard InChI is InChI=1S/C14H12N6O2S/c1-8-3-5-10(6-4-8)20-12(13(21)22-18-20)11-7-23-14-16-15-9(2)19(14)17-11/h3-6H,7H2,1-2H3. The lowest BCUT2D eigenvalue weighted by molar-refractivity contribution is -0.671. The van der Waals surface area contributed by atoms with E-state index in [-0.39, 0.29) is 0 Å². The van der Waals surface area contributed by atoms with Crippen molar-refractivity contribution in [1.82, 2.24) is 20.1 Å². The van der Waals surface area contributed by atoms with E-state index in [0.29, 0.717) is 28.1 Å². The molecule has 0 unspecified atom stereocenters. The van der Waals surface area contributed by atoms with Crippen LogP contribution in [0.15, 0.2) is 39.0 Å². The summed E-state index contributed by atoms with van der Waals surface area (Å²) >= 11 is 1.47. The molecule has 0 aliphatic carbocycles. The predicted octanol–water partition coefficient (Wildman–Crippen LogP) is 0.591. The summed E-state index contributed by atoms with van der Waals surface area (Å²) < 4.78 is 7.96. The van der Waals surface area contributed by atoms with Gasteiger partial charge in [-0.2, -0.15) is 9.78 Å². The van der Waals surface area contributed by atoms with E-state index < -0.39 is 5.95 Å². The molecular formula is C14H12N6O2S. The lowest BCUT2D eigenvalue weighted by Gasteiger charge is -2.10. The highest BCUT2D eigenvalue weighted by Gasteiger charge is 2.29. The third-order valence-electron chi connectivity index (χ3n) is 3.49. The predicted molar refractivity (Wildman–Crippen MR) is 79.6 cm³/mol. The second kappa shape index (κ2) is 5.20. The molecule has 116 valence electrons. The van der Waals surface area contributed by atoms with Crippen LogP contribution in [0.1, 0.15) is 17.1 Å². The average Bonchev–Trinajstić information content (AvgIpc) is 3.11. The van der Waals surface area contributed by atoms with Crippen molar-refractivity contribution in [3.63, 3.8) is 0 Å². The second-order valence-electron chi connectivity index (χ2n) is 5.13. The van der Waals surface area contributed by atoms with Gasteiger partial charge in [0.05, 0.1) is 11.0 Å². The molecule has 9 heteroatoms. The first-order valence-electron chi connectivity index (χ1n) is 6.92. The summed E-state index contributed by atoms with van der Waals surface area (Å²) in [6.45, 7) is 3.80. The van der Waals surface area contributed by atoms with Crippen molar-refractivity contribution in [2.75, 3.05) is 5.75 Å². The van der Waals surface area contributed by atoms with Crippen molar-refractivity contribution >= 4 is 17.5 Å². The van der Waals surface area contributed by atoms with Gasteiger partial charge in [-0.1, -0.05) is 29.5 Å². The van der Waals surface area contributed by atoms with E-state index >= 15 is 0 Å². The van der Waals surface area contributed by atoms with Gasteiger partial charge in [-0.05, 0) is 18.5 Å². The minimum atomic E-state index is -0.515. The van der Waals surface area contributed by atoms with Gasteiger partial charge in [0.1, 0.15) is 5.71 Å². The maximum atomic E-state index is 12.1. The molecule has 0 saturated carbocycles. The fourth-order valence-corrected chi connectivity index (χ4v) is 3.15. The van der Waals surface area contributed by atoms with Crippen LogP contribution in [0.25, 0.3) is 5.69 Å². The number of aromatic nitrogens is 5. The zero-order valence-electron chi connectivity index (χ0n) is 12.4. The van der Waals surface area contributed by atoms with Gasteiger partial charge in [-0.15, -0.1) is 10.2 Å². The first-order valence-corrected chi connectivity index (χ1v) is 7.91. The smallest absolute Gasteiger partial charge is 0.287 e. The van der Waals surface area contributed by atoms with Crippen molar-refractivity contribution in [3.05, 3.63) is 41.3 Å². The molecule has 0 fully saturated rings. The van der Waals surface area contributed by atoms with Gasteiger partial charge >= 0.3 is 0 Å². The highest BCUT2D eigenvalue weighted by Crippen LogP contribution is 2.25. The van der Waals surface area contributed by atoms with Gasteiger partial charge < -0.3 is 9.63 Å². The van der Waals surface area contributed by atoms with Gasteiger partial charge in [0.15, 0.2) is 11.8 Å². The lowest BCUT2D eigenvalue weighted by atomic mass is 10.2. The molecular weight excluding hydrogens is 316 g/mol. The average molecular weight is 328 g/mol. The number of fused-ring (bicyclic) bond motifs is 1. The minimum absolute atomic E-state index is 0.320. The number of thioether (sulfide) groups is 1. The normalized spacial score (nSPS) is 13.7. The number of aryl methyl sites for hydroxylation is 2. The van der Waals surface area contributed by atoms with E-state index in [1.165, 1.54) is 16.4 Å². The number of benzene rings is 1. The second-order valence-corrected chi connectivity index (χ2v) is 6.08. The van der Waals surface area contributed by atoms with Crippen molar-refractivity contribution in [3.8, 4) is 11.6 Å². The lowest BCUT2D eigenvalue weighted by Crippen LogP contribution is -2.40. The Morgan fingerprint density at radius 1 is 1.22 bits per heavy atom. The molecule has 0 saturated heterocycles. The van der Waals surface area contributed by atoms with Gasteiger partial charge in [-0.3, -0.25) is 0 Å². The molecule has 1 aliphatic rings. The van der Waals surface area contributed by atoms with Gasteiger partial charge in [0.25, 0.3) is 5.69 Å². The molecule has 0 amide bonds. The largest absolute Gasteiger partial charge is 0.539 e. The van der Waals surface area contributed by atoms with Crippen molar-refractivity contribution < 1.29 is 14.3 Å². The Morgan fingerprint density at radius 2 is 2.00 bits per heavy atom. The van der Waals surface area contributed by atoms with Gasteiger partial charge in [0, 0.05) is 12.1 Å². The molecule has 0 atom stereocenters. The van der Waals surface area contributed by atoms with Crippen LogP contribution in [0.5, 0.6) is 5.95 Å². The quantitative estimate of drug-likeness (QED) is 0.639. The van der Waals surface area contributed by atoms with Crippen LogP contribution in [0.4, 0.5) is 0 Å². The molecule has 1 aliphatic heterocycles. The van der Waals surface area contributed by atoms with Crippen molar-refractivity contribution in [1.29, 1.82) is 0 Å². The zero-order valence-corrected chi connectivity index (χ0v) is 13.2. The summed E-state index contributed by atoms with van der Waals surface area (Å²) in [5.74, 6) is 0.648. The third-order valence-corrected chi connectivity index (χ3v) is 4.42. The van der Waals surface area contributed by atoms with E-state index in [1.54, 1.807) is 4.68 Å². The summed E-state index contributed by atoms with van der Waals surface area (Å²) in [6.07, 6.45) is 0. The highest BCUT2D eigenvalue weighted by molar-refractivity contribution is 7.99. The van der Waals surface area contributed by atoms with Crippen LogP contribution in [-0.4, -0.2) is 31.6 Å². The highest BCUT2D eigenvalue weighted by atomic mass is 32.2. The van der Waals surface area contributed by atoms with Crippen LogP contribution in [0.2, 0.25) is 0 Å². The van der Waals surface area contributed by atoms with Crippen LogP contribution >= 0.6 is 11.8 Å². The van der Waals surface area contributed by atoms with Crippen LogP contribution in [0.3, 0.4) is 0 Å². The molecule has 4 rings (SSSR count). The number of nitrogens with zero attached hydrogens (tertiary/aromatic N) is 6. The first kappa shape index (κ1) is 13.9. The monoisotopic (exact) mass is 328 g/mol. The summed E-state index contributed by atoms with van der Waals surface area (Å²) in [7, 11) is 0. The Labute approximate surface area is 135 Å². The molecule has 0 radical (unpaired) electrons. The SMILES string of the molecule is Cc1ccc(-[n+]2noc([O-])c2C2=Nn3c(C)nnc3SC2)cc1. The van der Waals surface area contributed by atoms with Gasteiger partial charge in [-0.25, -0.2) is 0 Å². The van der Waals surface area contributed by atoms with E-state index in [4.69, 9.17) is 4.52 Å². The molecule has 0 spiro atoms. The Hall–Kier alpha value is -2.68. The minimum Gasteiger partial charge on any atom is -0.539 e. The maximum Gasteiger partial charge on any atom is 0.287 e. The zero-order chi connectivity index (χ0) is 16.0. The maximum absolute atomic E-state index is 12.1. The Morgan fingerprint density at radius 3 is 2.78 bits per heavy atom.